The summed E-state index contributed by atoms with van der Waals surface area (Å²) in [5.74, 6) is -1.77. The predicted octanol–water partition coefficient (Wildman–Crippen LogP) is 1.60. The van der Waals surface area contributed by atoms with Crippen LogP contribution in [0.4, 0.5) is 0 Å². The number of carbonyl (C=O) groups excluding carboxylic acids is 1. The van der Waals surface area contributed by atoms with Gasteiger partial charge in [0.15, 0.2) is 0 Å². The molecule has 0 saturated carbocycles. The van der Waals surface area contributed by atoms with Gasteiger partial charge in [0.25, 0.3) is 5.89 Å². The maximum absolute atomic E-state index is 12.3. The first-order valence-corrected chi connectivity index (χ1v) is 7.63. The summed E-state index contributed by atoms with van der Waals surface area (Å²) < 4.78 is 10.8. The average molecular weight is 334 g/mol. The van der Waals surface area contributed by atoms with Crippen molar-refractivity contribution in [3.05, 3.63) is 30.4 Å². The van der Waals surface area contributed by atoms with Crippen LogP contribution in [0, 0.1) is 5.92 Å². The normalized spacial score (nSPS) is 15.6. The predicted molar refractivity (Wildman–Crippen MR) is 85.2 cm³/mol. The number of ether oxygens (including phenoxy) is 1. The number of esters is 1. The van der Waals surface area contributed by atoms with Crippen LogP contribution in [-0.2, 0) is 15.3 Å². The number of aliphatic hydroxyl groups is 1. The minimum absolute atomic E-state index is 0.154. The Labute approximate surface area is 140 Å². The van der Waals surface area contributed by atoms with E-state index in [0.717, 1.165) is 0 Å². The van der Waals surface area contributed by atoms with Crippen LogP contribution in [0.25, 0.3) is 11.5 Å². The Morgan fingerprint density at radius 2 is 2.12 bits per heavy atom. The fourth-order valence-corrected chi connectivity index (χ4v) is 2.17. The lowest BCUT2D eigenvalue weighted by Gasteiger charge is -2.30. The number of carbonyl (C=O) groups is 1. The molecule has 0 amide bonds. The van der Waals surface area contributed by atoms with Gasteiger partial charge >= 0.3 is 5.97 Å². The van der Waals surface area contributed by atoms with Crippen LogP contribution in [0.5, 0.6) is 0 Å². The number of pyridine rings is 1. The highest BCUT2D eigenvalue weighted by Crippen LogP contribution is 2.30. The summed E-state index contributed by atoms with van der Waals surface area (Å²) in [6, 6.07) is 3.44. The summed E-state index contributed by atoms with van der Waals surface area (Å²) in [5.41, 5.74) is 3.70. The van der Waals surface area contributed by atoms with Gasteiger partial charge in [0.2, 0.25) is 11.6 Å². The SMILES string of the molecule is CCC(C(=O)OC(C)(C)C)[C@](N)(O)c1nnc(-c2cccnc2)o1. The smallest absolute Gasteiger partial charge is 0.314 e. The second kappa shape index (κ2) is 6.66. The lowest BCUT2D eigenvalue weighted by molar-refractivity contribution is -0.172. The molecule has 2 aromatic rings. The van der Waals surface area contributed by atoms with E-state index in [0.29, 0.717) is 5.56 Å². The van der Waals surface area contributed by atoms with Crippen LogP contribution in [0.15, 0.2) is 28.9 Å². The van der Waals surface area contributed by atoms with Crippen molar-refractivity contribution in [1.29, 1.82) is 0 Å². The number of aromatic nitrogens is 3. The Morgan fingerprint density at radius 3 is 2.67 bits per heavy atom. The summed E-state index contributed by atoms with van der Waals surface area (Å²) in [6.07, 6.45) is 3.39. The van der Waals surface area contributed by atoms with E-state index in [1.807, 2.05) is 0 Å². The first-order chi connectivity index (χ1) is 11.1. The van der Waals surface area contributed by atoms with E-state index in [2.05, 4.69) is 15.2 Å². The summed E-state index contributed by atoms with van der Waals surface area (Å²) in [6.45, 7) is 6.92. The molecule has 0 aromatic carbocycles. The third kappa shape index (κ3) is 3.95. The highest BCUT2D eigenvalue weighted by molar-refractivity contribution is 5.74. The molecule has 0 spiro atoms. The van der Waals surface area contributed by atoms with Gasteiger partial charge in [0.1, 0.15) is 11.5 Å². The van der Waals surface area contributed by atoms with Crippen LogP contribution in [0.2, 0.25) is 0 Å². The van der Waals surface area contributed by atoms with Crippen LogP contribution in [0.3, 0.4) is 0 Å². The Hall–Kier alpha value is -2.32. The van der Waals surface area contributed by atoms with Crippen molar-refractivity contribution in [2.24, 2.45) is 11.7 Å². The fraction of sp³-hybridized carbons (Fsp3) is 0.500. The van der Waals surface area contributed by atoms with E-state index in [1.54, 1.807) is 46.0 Å². The van der Waals surface area contributed by atoms with Gasteiger partial charge in [-0.3, -0.25) is 15.5 Å². The molecule has 0 aliphatic carbocycles. The van der Waals surface area contributed by atoms with Gasteiger partial charge in [-0.1, -0.05) is 6.92 Å². The Kier molecular flexibility index (Phi) is 5.00. The maximum atomic E-state index is 12.3. The van der Waals surface area contributed by atoms with Gasteiger partial charge in [0, 0.05) is 12.4 Å². The second-order valence-electron chi connectivity index (χ2n) is 6.47. The Balaban J connectivity index is 2.28. The lowest BCUT2D eigenvalue weighted by Crippen LogP contribution is -2.49. The lowest BCUT2D eigenvalue weighted by atomic mass is 9.93. The number of nitrogens with zero attached hydrogens (tertiary/aromatic N) is 3. The molecule has 8 heteroatoms. The van der Waals surface area contributed by atoms with Crippen LogP contribution in [0.1, 0.15) is 40.0 Å². The molecule has 1 unspecified atom stereocenters. The molecule has 2 aromatic heterocycles. The van der Waals surface area contributed by atoms with E-state index in [9.17, 15) is 9.90 Å². The molecule has 2 rings (SSSR count). The summed E-state index contributed by atoms with van der Waals surface area (Å²) >= 11 is 0. The summed E-state index contributed by atoms with van der Waals surface area (Å²) in [4.78, 5) is 16.3. The molecule has 0 saturated heterocycles. The number of hydrogen-bond donors (Lipinski definition) is 2. The van der Waals surface area contributed by atoms with Crippen molar-refractivity contribution < 1.29 is 19.1 Å². The number of nitrogens with two attached hydrogens (primary N) is 1. The largest absolute Gasteiger partial charge is 0.460 e. The molecule has 8 nitrogen and oxygen atoms in total. The van der Waals surface area contributed by atoms with E-state index in [-0.39, 0.29) is 18.2 Å². The van der Waals surface area contributed by atoms with Gasteiger partial charge in [0.05, 0.1) is 5.56 Å². The van der Waals surface area contributed by atoms with Crippen molar-refractivity contribution >= 4 is 5.97 Å². The minimum Gasteiger partial charge on any atom is -0.460 e. The zero-order chi connectivity index (χ0) is 18.0. The van der Waals surface area contributed by atoms with Crippen molar-refractivity contribution in [1.82, 2.24) is 15.2 Å². The van der Waals surface area contributed by atoms with Crippen LogP contribution >= 0.6 is 0 Å². The molecule has 0 aliphatic rings. The zero-order valence-corrected chi connectivity index (χ0v) is 14.2. The molecule has 3 N–H and O–H groups in total. The maximum Gasteiger partial charge on any atom is 0.314 e. The van der Waals surface area contributed by atoms with Gasteiger partial charge in [-0.15, -0.1) is 10.2 Å². The van der Waals surface area contributed by atoms with Crippen molar-refractivity contribution in [3.8, 4) is 11.5 Å². The average Bonchev–Trinajstić information content (AvgIpc) is 2.97. The molecular weight excluding hydrogens is 312 g/mol. The van der Waals surface area contributed by atoms with Gasteiger partial charge in [-0.2, -0.15) is 0 Å². The molecule has 130 valence electrons. The minimum atomic E-state index is -2.13. The summed E-state index contributed by atoms with van der Waals surface area (Å²) in [5, 5.41) is 18.3. The molecule has 0 fully saturated rings. The number of rotatable bonds is 5. The zero-order valence-electron chi connectivity index (χ0n) is 14.2. The van der Waals surface area contributed by atoms with E-state index in [1.165, 1.54) is 6.20 Å². The Morgan fingerprint density at radius 1 is 1.42 bits per heavy atom. The van der Waals surface area contributed by atoms with E-state index >= 15 is 0 Å². The third-order valence-electron chi connectivity index (χ3n) is 3.31. The molecule has 2 atom stereocenters. The topological polar surface area (TPSA) is 124 Å². The molecule has 24 heavy (non-hydrogen) atoms. The van der Waals surface area contributed by atoms with Crippen molar-refractivity contribution in [2.45, 2.75) is 45.4 Å². The van der Waals surface area contributed by atoms with Crippen LogP contribution in [-0.4, -0.2) is 31.9 Å². The van der Waals surface area contributed by atoms with Crippen LogP contribution < -0.4 is 5.73 Å². The molecule has 0 bridgehead atoms. The van der Waals surface area contributed by atoms with Gasteiger partial charge < -0.3 is 14.3 Å². The quantitative estimate of drug-likeness (QED) is 0.624. The van der Waals surface area contributed by atoms with Gasteiger partial charge in [-0.25, -0.2) is 0 Å². The van der Waals surface area contributed by atoms with E-state index in [4.69, 9.17) is 14.9 Å². The highest BCUT2D eigenvalue weighted by atomic mass is 16.6. The molecule has 2 heterocycles. The number of hydrogen-bond acceptors (Lipinski definition) is 8. The molecule has 0 radical (unpaired) electrons. The second-order valence-corrected chi connectivity index (χ2v) is 6.47. The Bertz CT molecular complexity index is 692. The molecular formula is C16H22N4O4. The van der Waals surface area contributed by atoms with E-state index < -0.39 is 23.2 Å². The van der Waals surface area contributed by atoms with Crippen molar-refractivity contribution in [3.63, 3.8) is 0 Å². The third-order valence-corrected chi connectivity index (χ3v) is 3.31. The monoisotopic (exact) mass is 334 g/mol. The van der Waals surface area contributed by atoms with Gasteiger partial charge in [-0.05, 0) is 39.3 Å². The van der Waals surface area contributed by atoms with Crippen molar-refractivity contribution in [2.75, 3.05) is 0 Å². The fourth-order valence-electron chi connectivity index (χ4n) is 2.17. The first kappa shape index (κ1) is 18.0. The molecule has 0 aliphatic heterocycles. The first-order valence-electron chi connectivity index (χ1n) is 7.63. The highest BCUT2D eigenvalue weighted by Gasteiger charge is 2.45. The summed E-state index contributed by atoms with van der Waals surface area (Å²) in [7, 11) is 0. The standard InChI is InChI=1S/C16H22N4O4/c1-5-11(13(21)24-15(2,3)4)16(17,22)14-20-19-12(23-14)10-7-6-8-18-9-10/h6-9,11,22H,5,17H2,1-4H3/t11?,16-/m0/s1.